The van der Waals surface area contributed by atoms with Crippen molar-refractivity contribution in [2.45, 2.75) is 6.61 Å². The lowest BCUT2D eigenvalue weighted by molar-refractivity contribution is 0.307. The van der Waals surface area contributed by atoms with E-state index in [9.17, 15) is 0 Å². The van der Waals surface area contributed by atoms with Crippen molar-refractivity contribution in [2.24, 2.45) is 0 Å². The number of benzene rings is 2. The number of aromatic nitrogens is 1. The van der Waals surface area contributed by atoms with E-state index < -0.39 is 0 Å². The SMILES string of the molecule is Nc1cc(-c2cc(Br)ccc2OCc2ccccc2)no1. The number of rotatable bonds is 4. The van der Waals surface area contributed by atoms with Gasteiger partial charge < -0.3 is 15.0 Å². The van der Waals surface area contributed by atoms with Crippen LogP contribution in [0.1, 0.15) is 5.56 Å². The lowest BCUT2D eigenvalue weighted by atomic mass is 10.1. The molecule has 0 fully saturated rings. The van der Waals surface area contributed by atoms with Crippen LogP contribution in [0.3, 0.4) is 0 Å². The van der Waals surface area contributed by atoms with Crippen LogP contribution >= 0.6 is 15.9 Å². The van der Waals surface area contributed by atoms with E-state index in [0.29, 0.717) is 12.3 Å². The molecule has 0 bridgehead atoms. The maximum absolute atomic E-state index is 5.90. The van der Waals surface area contributed by atoms with Crippen molar-refractivity contribution in [3.8, 4) is 17.0 Å². The minimum Gasteiger partial charge on any atom is -0.488 e. The van der Waals surface area contributed by atoms with Gasteiger partial charge in [0.15, 0.2) is 0 Å². The molecule has 5 heteroatoms. The molecule has 4 nitrogen and oxygen atoms in total. The first-order valence-corrected chi connectivity index (χ1v) is 7.20. The summed E-state index contributed by atoms with van der Waals surface area (Å²) in [7, 11) is 0. The molecular formula is C16H13BrN2O2. The molecule has 1 aromatic heterocycles. The number of halogens is 1. The fourth-order valence-corrected chi connectivity index (χ4v) is 2.34. The molecule has 3 aromatic rings. The molecule has 2 N–H and O–H groups in total. The lowest BCUT2D eigenvalue weighted by Gasteiger charge is -2.10. The number of ether oxygens (including phenoxy) is 1. The van der Waals surface area contributed by atoms with Crippen LogP contribution in [-0.2, 0) is 6.61 Å². The van der Waals surface area contributed by atoms with Crippen molar-refractivity contribution in [3.05, 3.63) is 64.6 Å². The zero-order chi connectivity index (χ0) is 14.7. The van der Waals surface area contributed by atoms with Crippen molar-refractivity contribution in [2.75, 3.05) is 5.73 Å². The molecule has 0 spiro atoms. The summed E-state index contributed by atoms with van der Waals surface area (Å²) in [4.78, 5) is 0. The van der Waals surface area contributed by atoms with Gasteiger partial charge in [0.25, 0.3) is 0 Å². The molecule has 0 atom stereocenters. The van der Waals surface area contributed by atoms with Crippen LogP contribution in [0.2, 0.25) is 0 Å². The van der Waals surface area contributed by atoms with Gasteiger partial charge in [-0.3, -0.25) is 0 Å². The first-order chi connectivity index (χ1) is 10.2. The molecule has 0 amide bonds. The van der Waals surface area contributed by atoms with Gasteiger partial charge in [-0.15, -0.1) is 0 Å². The van der Waals surface area contributed by atoms with Crippen LogP contribution in [0.25, 0.3) is 11.3 Å². The number of nitrogen functional groups attached to an aromatic ring is 1. The van der Waals surface area contributed by atoms with Crippen molar-refractivity contribution >= 4 is 21.8 Å². The Bertz CT molecular complexity index is 741. The van der Waals surface area contributed by atoms with Gasteiger partial charge in [0.1, 0.15) is 18.1 Å². The van der Waals surface area contributed by atoms with E-state index >= 15 is 0 Å². The molecule has 3 rings (SSSR count). The van der Waals surface area contributed by atoms with Crippen molar-refractivity contribution in [1.82, 2.24) is 5.16 Å². The topological polar surface area (TPSA) is 61.3 Å². The Morgan fingerprint density at radius 3 is 2.62 bits per heavy atom. The van der Waals surface area contributed by atoms with E-state index in [1.807, 2.05) is 48.5 Å². The molecule has 0 saturated heterocycles. The van der Waals surface area contributed by atoms with Gasteiger partial charge >= 0.3 is 0 Å². The molecule has 106 valence electrons. The van der Waals surface area contributed by atoms with E-state index in [-0.39, 0.29) is 5.88 Å². The van der Waals surface area contributed by atoms with E-state index in [0.717, 1.165) is 21.3 Å². The Kier molecular flexibility index (Phi) is 3.92. The molecule has 0 aliphatic heterocycles. The maximum Gasteiger partial charge on any atom is 0.222 e. The summed E-state index contributed by atoms with van der Waals surface area (Å²) in [5, 5.41) is 3.94. The quantitative estimate of drug-likeness (QED) is 0.767. The summed E-state index contributed by atoms with van der Waals surface area (Å²) >= 11 is 3.45. The van der Waals surface area contributed by atoms with Crippen molar-refractivity contribution in [3.63, 3.8) is 0 Å². The second-order valence-electron chi connectivity index (χ2n) is 4.53. The first kappa shape index (κ1) is 13.7. The highest BCUT2D eigenvalue weighted by Gasteiger charge is 2.12. The van der Waals surface area contributed by atoms with Gasteiger partial charge in [-0.1, -0.05) is 51.4 Å². The minimum absolute atomic E-state index is 0.277. The van der Waals surface area contributed by atoms with E-state index in [1.54, 1.807) is 6.07 Å². The van der Waals surface area contributed by atoms with Gasteiger partial charge in [-0.2, -0.15) is 0 Å². The van der Waals surface area contributed by atoms with Crippen LogP contribution in [-0.4, -0.2) is 5.16 Å². The van der Waals surface area contributed by atoms with Gasteiger partial charge in [-0.25, -0.2) is 0 Å². The summed E-state index contributed by atoms with van der Waals surface area (Å²) in [5.74, 6) is 1.01. The zero-order valence-electron chi connectivity index (χ0n) is 11.1. The number of anilines is 1. The molecule has 0 saturated carbocycles. The molecule has 0 radical (unpaired) electrons. The average Bonchev–Trinajstić information content (AvgIpc) is 2.93. The van der Waals surface area contributed by atoms with Crippen LogP contribution in [0, 0.1) is 0 Å². The number of nitrogens with zero attached hydrogens (tertiary/aromatic N) is 1. The van der Waals surface area contributed by atoms with Gasteiger partial charge in [0, 0.05) is 16.1 Å². The Morgan fingerprint density at radius 2 is 1.90 bits per heavy atom. The van der Waals surface area contributed by atoms with Crippen LogP contribution in [0.5, 0.6) is 5.75 Å². The van der Waals surface area contributed by atoms with Crippen molar-refractivity contribution < 1.29 is 9.26 Å². The third kappa shape index (κ3) is 3.25. The van der Waals surface area contributed by atoms with E-state index in [2.05, 4.69) is 21.1 Å². The minimum atomic E-state index is 0.277. The van der Waals surface area contributed by atoms with Gasteiger partial charge in [-0.05, 0) is 23.8 Å². The largest absolute Gasteiger partial charge is 0.488 e. The normalized spacial score (nSPS) is 10.5. The predicted molar refractivity (Wildman–Crippen MR) is 84.8 cm³/mol. The standard InChI is InChI=1S/C16H13BrN2O2/c17-12-6-7-15(20-10-11-4-2-1-3-5-11)13(8-12)14-9-16(18)21-19-14/h1-9H,10,18H2. The monoisotopic (exact) mass is 344 g/mol. The van der Waals surface area contributed by atoms with Gasteiger partial charge in [0.2, 0.25) is 5.88 Å². The lowest BCUT2D eigenvalue weighted by Crippen LogP contribution is -1.97. The van der Waals surface area contributed by atoms with Crippen LogP contribution < -0.4 is 10.5 Å². The second kappa shape index (κ2) is 6.01. The highest BCUT2D eigenvalue weighted by molar-refractivity contribution is 9.10. The fraction of sp³-hybridized carbons (Fsp3) is 0.0625. The summed E-state index contributed by atoms with van der Waals surface area (Å²) in [6.45, 7) is 0.489. The highest BCUT2D eigenvalue weighted by Crippen LogP contribution is 2.33. The Morgan fingerprint density at radius 1 is 1.10 bits per heavy atom. The van der Waals surface area contributed by atoms with Crippen LogP contribution in [0.4, 0.5) is 5.88 Å². The molecule has 1 heterocycles. The summed E-state index contributed by atoms with van der Waals surface area (Å²) in [6, 6.07) is 17.4. The summed E-state index contributed by atoms with van der Waals surface area (Å²) in [6.07, 6.45) is 0. The Balaban J connectivity index is 1.88. The Hall–Kier alpha value is -2.27. The molecule has 21 heavy (non-hydrogen) atoms. The number of nitrogens with two attached hydrogens (primary N) is 1. The van der Waals surface area contributed by atoms with Crippen molar-refractivity contribution in [1.29, 1.82) is 0 Å². The molecular weight excluding hydrogens is 332 g/mol. The molecule has 0 aliphatic rings. The Labute approximate surface area is 130 Å². The van der Waals surface area contributed by atoms with E-state index in [4.69, 9.17) is 15.0 Å². The third-order valence-corrected chi connectivity index (χ3v) is 3.48. The number of hydrogen-bond donors (Lipinski definition) is 1. The average molecular weight is 345 g/mol. The fourth-order valence-electron chi connectivity index (χ4n) is 1.98. The molecule has 0 unspecified atom stereocenters. The highest BCUT2D eigenvalue weighted by atomic mass is 79.9. The summed E-state index contributed by atoms with van der Waals surface area (Å²) < 4.78 is 11.8. The zero-order valence-corrected chi connectivity index (χ0v) is 12.7. The molecule has 0 aliphatic carbocycles. The smallest absolute Gasteiger partial charge is 0.222 e. The summed E-state index contributed by atoms with van der Waals surface area (Å²) in [5.41, 5.74) is 8.17. The third-order valence-electron chi connectivity index (χ3n) is 2.98. The second-order valence-corrected chi connectivity index (χ2v) is 5.44. The van der Waals surface area contributed by atoms with Gasteiger partial charge in [0.05, 0.1) is 0 Å². The number of hydrogen-bond acceptors (Lipinski definition) is 4. The van der Waals surface area contributed by atoms with E-state index in [1.165, 1.54) is 0 Å². The maximum atomic E-state index is 5.90. The first-order valence-electron chi connectivity index (χ1n) is 6.41. The van der Waals surface area contributed by atoms with Crippen LogP contribution in [0.15, 0.2) is 63.6 Å². The molecule has 2 aromatic carbocycles. The predicted octanol–water partition coefficient (Wildman–Crippen LogP) is 4.27.